The van der Waals surface area contributed by atoms with E-state index in [1.807, 2.05) is 6.92 Å². The molecule has 0 saturated heterocycles. The lowest BCUT2D eigenvalue weighted by atomic mass is 9.64. The van der Waals surface area contributed by atoms with Crippen molar-refractivity contribution in [3.05, 3.63) is 35.4 Å². The Bertz CT molecular complexity index is 444. The van der Waals surface area contributed by atoms with Crippen LogP contribution in [-0.2, 0) is 11.8 Å². The maximum Gasteiger partial charge on any atom is 0.316 e. The second-order valence-electron chi connectivity index (χ2n) is 5.72. The van der Waals surface area contributed by atoms with Gasteiger partial charge in [-0.3, -0.25) is 0 Å². The minimum atomic E-state index is -0.0168. The Labute approximate surface area is 123 Å². The lowest BCUT2D eigenvalue weighted by molar-refractivity contribution is 0.211. The SMILES string of the molecule is CCC1(C)Cc2ccccc21.CCCN(C)C(=O)NC. The van der Waals surface area contributed by atoms with Gasteiger partial charge in [0.05, 0.1) is 0 Å². The van der Waals surface area contributed by atoms with E-state index in [4.69, 9.17) is 0 Å². The average Bonchev–Trinajstić information content (AvgIpc) is 2.46. The van der Waals surface area contributed by atoms with E-state index in [1.54, 1.807) is 30.1 Å². The molecule has 0 radical (unpaired) electrons. The van der Waals surface area contributed by atoms with Gasteiger partial charge in [-0.15, -0.1) is 0 Å². The molecule has 1 aromatic carbocycles. The molecular weight excluding hydrogens is 248 g/mol. The summed E-state index contributed by atoms with van der Waals surface area (Å²) < 4.78 is 0. The van der Waals surface area contributed by atoms with Gasteiger partial charge < -0.3 is 10.2 Å². The zero-order valence-corrected chi connectivity index (χ0v) is 13.5. The summed E-state index contributed by atoms with van der Waals surface area (Å²) in [5, 5.41) is 2.54. The number of benzene rings is 1. The third-order valence-electron chi connectivity index (χ3n) is 4.15. The largest absolute Gasteiger partial charge is 0.341 e. The lowest BCUT2D eigenvalue weighted by Gasteiger charge is -2.40. The molecule has 0 aliphatic heterocycles. The summed E-state index contributed by atoms with van der Waals surface area (Å²) in [6, 6.07) is 8.77. The highest BCUT2D eigenvalue weighted by Crippen LogP contribution is 2.42. The highest BCUT2D eigenvalue weighted by molar-refractivity contribution is 5.73. The molecule has 3 nitrogen and oxygen atoms in total. The molecule has 1 aliphatic rings. The predicted molar refractivity (Wildman–Crippen MR) is 85.2 cm³/mol. The molecule has 0 aromatic heterocycles. The molecule has 1 atom stereocenters. The van der Waals surface area contributed by atoms with Crippen molar-refractivity contribution in [2.45, 2.75) is 45.4 Å². The van der Waals surface area contributed by atoms with Gasteiger partial charge in [-0.2, -0.15) is 0 Å². The van der Waals surface area contributed by atoms with Crippen LogP contribution in [0.2, 0.25) is 0 Å². The van der Waals surface area contributed by atoms with Gasteiger partial charge in [-0.25, -0.2) is 4.79 Å². The Morgan fingerprint density at radius 3 is 2.50 bits per heavy atom. The van der Waals surface area contributed by atoms with E-state index in [0.29, 0.717) is 5.41 Å². The Morgan fingerprint density at radius 2 is 2.00 bits per heavy atom. The third kappa shape index (κ3) is 3.75. The number of hydrogen-bond acceptors (Lipinski definition) is 1. The first-order chi connectivity index (χ1) is 9.48. The number of nitrogens with zero attached hydrogens (tertiary/aromatic N) is 1. The summed E-state index contributed by atoms with van der Waals surface area (Å²) in [7, 11) is 3.41. The zero-order valence-electron chi connectivity index (χ0n) is 13.5. The van der Waals surface area contributed by atoms with Crippen LogP contribution in [0.5, 0.6) is 0 Å². The number of carbonyl (C=O) groups excluding carboxylic acids is 1. The van der Waals surface area contributed by atoms with Gasteiger partial charge >= 0.3 is 6.03 Å². The molecule has 0 heterocycles. The molecule has 1 aliphatic carbocycles. The minimum absolute atomic E-state index is 0.0168. The van der Waals surface area contributed by atoms with E-state index in [9.17, 15) is 4.79 Å². The van der Waals surface area contributed by atoms with Crippen molar-refractivity contribution in [2.24, 2.45) is 0 Å². The normalized spacial score (nSPS) is 19.1. The average molecular weight is 276 g/mol. The number of fused-ring (bicyclic) bond motifs is 1. The maximum atomic E-state index is 10.7. The first kappa shape index (κ1) is 16.5. The van der Waals surface area contributed by atoms with Gasteiger partial charge in [0, 0.05) is 20.6 Å². The third-order valence-corrected chi connectivity index (χ3v) is 4.15. The van der Waals surface area contributed by atoms with Crippen molar-refractivity contribution in [2.75, 3.05) is 20.6 Å². The van der Waals surface area contributed by atoms with Gasteiger partial charge in [0.2, 0.25) is 0 Å². The van der Waals surface area contributed by atoms with Gasteiger partial charge in [0.1, 0.15) is 0 Å². The van der Waals surface area contributed by atoms with Crippen LogP contribution < -0.4 is 5.32 Å². The summed E-state index contributed by atoms with van der Waals surface area (Å²) >= 11 is 0. The number of hydrogen-bond donors (Lipinski definition) is 1. The van der Waals surface area contributed by atoms with Gasteiger partial charge in [-0.1, -0.05) is 45.0 Å². The van der Waals surface area contributed by atoms with Crippen LogP contribution in [0, 0.1) is 0 Å². The lowest BCUT2D eigenvalue weighted by Crippen LogP contribution is -2.35. The molecule has 1 unspecified atom stereocenters. The summed E-state index contributed by atoms with van der Waals surface area (Å²) in [6.45, 7) is 7.49. The number of nitrogens with one attached hydrogen (secondary N) is 1. The molecule has 0 spiro atoms. The van der Waals surface area contributed by atoms with Crippen LogP contribution in [0.1, 0.15) is 44.7 Å². The Balaban J connectivity index is 0.000000206. The Morgan fingerprint density at radius 1 is 1.35 bits per heavy atom. The number of rotatable bonds is 3. The number of carbonyl (C=O) groups is 1. The monoisotopic (exact) mass is 276 g/mol. The fourth-order valence-corrected chi connectivity index (χ4v) is 2.62. The number of urea groups is 1. The summed E-state index contributed by atoms with van der Waals surface area (Å²) in [6.07, 6.45) is 3.55. The Hall–Kier alpha value is -1.51. The van der Waals surface area contributed by atoms with Crippen LogP contribution in [0.25, 0.3) is 0 Å². The molecular formula is C17H28N2O. The minimum Gasteiger partial charge on any atom is -0.341 e. The van der Waals surface area contributed by atoms with Crippen LogP contribution in [0.15, 0.2) is 24.3 Å². The van der Waals surface area contributed by atoms with Crippen molar-refractivity contribution in [1.82, 2.24) is 10.2 Å². The van der Waals surface area contributed by atoms with E-state index in [0.717, 1.165) is 13.0 Å². The highest BCUT2D eigenvalue weighted by Gasteiger charge is 2.35. The van der Waals surface area contributed by atoms with E-state index >= 15 is 0 Å². The quantitative estimate of drug-likeness (QED) is 0.899. The van der Waals surface area contributed by atoms with Crippen LogP contribution in [0.4, 0.5) is 4.79 Å². The summed E-state index contributed by atoms with van der Waals surface area (Å²) in [4.78, 5) is 12.4. The van der Waals surface area contributed by atoms with Crippen molar-refractivity contribution >= 4 is 6.03 Å². The number of amides is 2. The van der Waals surface area contributed by atoms with Crippen molar-refractivity contribution in [3.63, 3.8) is 0 Å². The first-order valence-electron chi connectivity index (χ1n) is 7.49. The van der Waals surface area contributed by atoms with Gasteiger partial charge in [-0.05, 0) is 35.8 Å². The highest BCUT2D eigenvalue weighted by atomic mass is 16.2. The molecule has 112 valence electrons. The fourth-order valence-electron chi connectivity index (χ4n) is 2.62. The summed E-state index contributed by atoms with van der Waals surface area (Å²) in [5.41, 5.74) is 3.62. The molecule has 20 heavy (non-hydrogen) atoms. The van der Waals surface area contributed by atoms with Crippen molar-refractivity contribution < 1.29 is 4.79 Å². The van der Waals surface area contributed by atoms with E-state index in [2.05, 4.69) is 43.4 Å². The standard InChI is InChI=1S/C11H14.C6H14N2O/c1-3-11(2)8-9-6-4-5-7-10(9)11;1-4-5-8(3)6(9)7-2/h4-7H,3,8H2,1-2H3;4-5H2,1-3H3,(H,7,9). The topological polar surface area (TPSA) is 32.3 Å². The summed E-state index contributed by atoms with van der Waals surface area (Å²) in [5.74, 6) is 0. The second-order valence-corrected chi connectivity index (χ2v) is 5.72. The molecule has 0 fully saturated rings. The molecule has 0 bridgehead atoms. The molecule has 2 amide bonds. The van der Waals surface area contributed by atoms with Gasteiger partial charge in [0.25, 0.3) is 0 Å². The predicted octanol–water partition coefficient (Wildman–Crippen LogP) is 3.58. The van der Waals surface area contributed by atoms with E-state index < -0.39 is 0 Å². The maximum absolute atomic E-state index is 10.7. The van der Waals surface area contributed by atoms with Crippen molar-refractivity contribution in [3.8, 4) is 0 Å². The zero-order chi connectivity index (χ0) is 15.2. The van der Waals surface area contributed by atoms with E-state index in [1.165, 1.54) is 12.8 Å². The first-order valence-corrected chi connectivity index (χ1v) is 7.49. The molecule has 1 N–H and O–H groups in total. The fraction of sp³-hybridized carbons (Fsp3) is 0.588. The van der Waals surface area contributed by atoms with E-state index in [-0.39, 0.29) is 6.03 Å². The van der Waals surface area contributed by atoms with Crippen LogP contribution in [0.3, 0.4) is 0 Å². The van der Waals surface area contributed by atoms with Crippen molar-refractivity contribution in [1.29, 1.82) is 0 Å². The smallest absolute Gasteiger partial charge is 0.316 e. The van der Waals surface area contributed by atoms with Gasteiger partial charge in [0.15, 0.2) is 0 Å². The Kier molecular flexibility index (Phi) is 6.05. The van der Waals surface area contributed by atoms with Crippen LogP contribution >= 0.6 is 0 Å². The second kappa shape index (κ2) is 7.32. The molecule has 3 heteroatoms. The molecule has 0 saturated carbocycles. The molecule has 2 rings (SSSR count). The molecule has 1 aromatic rings. The van der Waals surface area contributed by atoms with Crippen LogP contribution in [-0.4, -0.2) is 31.6 Å².